The molecule has 0 aliphatic carbocycles. The molecule has 2 N–H and O–H groups in total. The van der Waals surface area contributed by atoms with Gasteiger partial charge in [-0.05, 0) is 37.6 Å². The summed E-state index contributed by atoms with van der Waals surface area (Å²) >= 11 is 0. The first-order valence-electron chi connectivity index (χ1n) is 7.48. The van der Waals surface area contributed by atoms with Gasteiger partial charge < -0.3 is 4.74 Å². The molecule has 0 spiro atoms. The molecule has 0 aromatic heterocycles. The normalized spacial score (nSPS) is 11.4. The third kappa shape index (κ3) is 4.85. The van der Waals surface area contributed by atoms with Gasteiger partial charge in [-0.25, -0.2) is 0 Å². The van der Waals surface area contributed by atoms with Gasteiger partial charge in [0, 0.05) is 5.56 Å². The molecule has 0 bridgehead atoms. The summed E-state index contributed by atoms with van der Waals surface area (Å²) in [5, 5.41) is 0. The van der Waals surface area contributed by atoms with E-state index in [1.165, 1.54) is 0 Å². The van der Waals surface area contributed by atoms with E-state index in [9.17, 15) is 9.59 Å². The zero-order valence-corrected chi connectivity index (χ0v) is 13.2. The minimum Gasteiger partial charge on any atom is -0.481 e. The standard InChI is InChI=1S/C18H20N2O3/c1-3-16(23-15-11-9-13(2)10-12-15)18(22)20-19-17(21)14-7-5-4-6-8-14/h4-12,16H,3H2,1-2H3,(H,19,21)(H,20,22). The summed E-state index contributed by atoms with van der Waals surface area (Å²) < 4.78 is 5.66. The summed E-state index contributed by atoms with van der Waals surface area (Å²) in [6, 6.07) is 16.1. The fraction of sp³-hybridized carbons (Fsp3) is 0.222. The fourth-order valence-corrected chi connectivity index (χ4v) is 1.96. The number of hydrogen-bond donors (Lipinski definition) is 2. The van der Waals surface area contributed by atoms with Gasteiger partial charge in [0.1, 0.15) is 5.75 Å². The lowest BCUT2D eigenvalue weighted by molar-refractivity contribution is -0.128. The van der Waals surface area contributed by atoms with Gasteiger partial charge in [0.2, 0.25) is 0 Å². The molecule has 2 amide bonds. The molecule has 0 radical (unpaired) electrons. The monoisotopic (exact) mass is 312 g/mol. The summed E-state index contributed by atoms with van der Waals surface area (Å²) in [6.07, 6.45) is -0.185. The predicted octanol–water partition coefficient (Wildman–Crippen LogP) is 2.61. The lowest BCUT2D eigenvalue weighted by Crippen LogP contribution is -2.47. The largest absolute Gasteiger partial charge is 0.481 e. The Morgan fingerprint density at radius 3 is 2.26 bits per heavy atom. The highest BCUT2D eigenvalue weighted by molar-refractivity contribution is 5.95. The smallest absolute Gasteiger partial charge is 0.279 e. The Labute approximate surface area is 135 Å². The van der Waals surface area contributed by atoms with Crippen molar-refractivity contribution in [2.75, 3.05) is 0 Å². The van der Waals surface area contributed by atoms with Crippen LogP contribution in [0.2, 0.25) is 0 Å². The van der Waals surface area contributed by atoms with Crippen LogP contribution in [0.1, 0.15) is 29.3 Å². The fourth-order valence-electron chi connectivity index (χ4n) is 1.96. The van der Waals surface area contributed by atoms with Crippen LogP contribution >= 0.6 is 0 Å². The van der Waals surface area contributed by atoms with Gasteiger partial charge in [0.05, 0.1) is 0 Å². The van der Waals surface area contributed by atoms with Crippen molar-refractivity contribution in [1.82, 2.24) is 10.9 Å². The average Bonchev–Trinajstić information content (AvgIpc) is 2.59. The van der Waals surface area contributed by atoms with Gasteiger partial charge in [-0.3, -0.25) is 20.4 Å². The molecule has 23 heavy (non-hydrogen) atoms. The second-order valence-corrected chi connectivity index (χ2v) is 5.14. The maximum Gasteiger partial charge on any atom is 0.279 e. The van der Waals surface area contributed by atoms with E-state index >= 15 is 0 Å². The molecule has 1 unspecified atom stereocenters. The first-order chi connectivity index (χ1) is 11.1. The Kier molecular flexibility index (Phi) is 5.74. The van der Waals surface area contributed by atoms with Crippen molar-refractivity contribution >= 4 is 11.8 Å². The molecular formula is C18H20N2O3. The van der Waals surface area contributed by atoms with E-state index in [1.807, 2.05) is 44.2 Å². The first-order valence-corrected chi connectivity index (χ1v) is 7.48. The lowest BCUT2D eigenvalue weighted by Gasteiger charge is -2.17. The van der Waals surface area contributed by atoms with E-state index in [4.69, 9.17) is 4.74 Å². The van der Waals surface area contributed by atoms with Crippen LogP contribution in [0.3, 0.4) is 0 Å². The molecule has 5 heteroatoms. The van der Waals surface area contributed by atoms with Crippen molar-refractivity contribution in [3.8, 4) is 5.75 Å². The van der Waals surface area contributed by atoms with Crippen molar-refractivity contribution in [2.45, 2.75) is 26.4 Å². The number of hydrazine groups is 1. The molecule has 2 aromatic carbocycles. The summed E-state index contributed by atoms with van der Waals surface area (Å²) in [4.78, 5) is 24.0. The van der Waals surface area contributed by atoms with Crippen LogP contribution in [0.4, 0.5) is 0 Å². The third-order valence-electron chi connectivity index (χ3n) is 3.30. The van der Waals surface area contributed by atoms with Gasteiger partial charge in [-0.15, -0.1) is 0 Å². The number of nitrogens with one attached hydrogen (secondary N) is 2. The molecule has 0 saturated carbocycles. The van der Waals surface area contributed by atoms with Crippen LogP contribution in [-0.4, -0.2) is 17.9 Å². The zero-order valence-electron chi connectivity index (χ0n) is 13.2. The highest BCUT2D eigenvalue weighted by Gasteiger charge is 2.19. The molecule has 0 aliphatic rings. The molecule has 0 fully saturated rings. The van der Waals surface area contributed by atoms with Crippen molar-refractivity contribution in [3.63, 3.8) is 0 Å². The Hall–Kier alpha value is -2.82. The van der Waals surface area contributed by atoms with Crippen molar-refractivity contribution in [3.05, 3.63) is 65.7 Å². The summed E-state index contributed by atoms with van der Waals surface area (Å²) in [7, 11) is 0. The maximum absolute atomic E-state index is 12.1. The van der Waals surface area contributed by atoms with Gasteiger partial charge in [-0.1, -0.05) is 42.8 Å². The number of ether oxygens (including phenoxy) is 1. The van der Waals surface area contributed by atoms with E-state index in [0.717, 1.165) is 5.56 Å². The molecule has 0 saturated heterocycles. The quantitative estimate of drug-likeness (QED) is 0.834. The van der Waals surface area contributed by atoms with Crippen LogP contribution in [-0.2, 0) is 4.79 Å². The Balaban J connectivity index is 1.90. The number of carbonyl (C=O) groups excluding carboxylic acids is 2. The SMILES string of the molecule is CCC(Oc1ccc(C)cc1)C(=O)NNC(=O)c1ccccc1. The van der Waals surface area contributed by atoms with Crippen molar-refractivity contribution in [2.24, 2.45) is 0 Å². The van der Waals surface area contributed by atoms with Crippen LogP contribution in [0.5, 0.6) is 5.75 Å². The number of rotatable bonds is 5. The minimum atomic E-state index is -0.672. The molecular weight excluding hydrogens is 292 g/mol. The van der Waals surface area contributed by atoms with E-state index < -0.39 is 12.0 Å². The number of benzene rings is 2. The van der Waals surface area contributed by atoms with Gasteiger partial charge in [0.15, 0.2) is 6.10 Å². The number of amides is 2. The minimum absolute atomic E-state index is 0.371. The van der Waals surface area contributed by atoms with Crippen molar-refractivity contribution in [1.29, 1.82) is 0 Å². The molecule has 2 aromatic rings. The van der Waals surface area contributed by atoms with Crippen LogP contribution in [0.25, 0.3) is 0 Å². The molecule has 0 aliphatic heterocycles. The number of hydrogen-bond acceptors (Lipinski definition) is 3. The van der Waals surface area contributed by atoms with Crippen LogP contribution in [0.15, 0.2) is 54.6 Å². The summed E-state index contributed by atoms with van der Waals surface area (Å²) in [6.45, 7) is 3.82. The number of carbonyl (C=O) groups is 2. The summed E-state index contributed by atoms with van der Waals surface area (Å²) in [5.74, 6) is -0.145. The topological polar surface area (TPSA) is 67.4 Å². The highest BCUT2D eigenvalue weighted by Crippen LogP contribution is 2.14. The summed E-state index contributed by atoms with van der Waals surface area (Å²) in [5.41, 5.74) is 6.38. The molecule has 5 nitrogen and oxygen atoms in total. The molecule has 1 atom stereocenters. The average molecular weight is 312 g/mol. The number of aryl methyl sites for hydroxylation is 1. The van der Waals surface area contributed by atoms with Crippen LogP contribution in [0, 0.1) is 6.92 Å². The van der Waals surface area contributed by atoms with E-state index in [1.54, 1.807) is 24.3 Å². The van der Waals surface area contributed by atoms with E-state index in [-0.39, 0.29) is 5.91 Å². The van der Waals surface area contributed by atoms with E-state index in [2.05, 4.69) is 10.9 Å². The molecule has 0 heterocycles. The van der Waals surface area contributed by atoms with Crippen molar-refractivity contribution < 1.29 is 14.3 Å². The molecule has 2 rings (SSSR count). The highest BCUT2D eigenvalue weighted by atomic mass is 16.5. The van der Waals surface area contributed by atoms with Gasteiger partial charge in [0.25, 0.3) is 11.8 Å². The Morgan fingerprint density at radius 2 is 1.65 bits per heavy atom. The maximum atomic E-state index is 12.1. The van der Waals surface area contributed by atoms with E-state index in [0.29, 0.717) is 17.7 Å². The van der Waals surface area contributed by atoms with Crippen LogP contribution < -0.4 is 15.6 Å². The third-order valence-corrected chi connectivity index (χ3v) is 3.30. The predicted molar refractivity (Wildman–Crippen MR) is 87.9 cm³/mol. The van der Waals surface area contributed by atoms with Gasteiger partial charge >= 0.3 is 0 Å². The second kappa shape index (κ2) is 7.98. The Morgan fingerprint density at radius 1 is 1.00 bits per heavy atom. The lowest BCUT2D eigenvalue weighted by atomic mass is 10.2. The van der Waals surface area contributed by atoms with Gasteiger partial charge in [-0.2, -0.15) is 0 Å². The second-order valence-electron chi connectivity index (χ2n) is 5.14. The molecule has 120 valence electrons. The zero-order chi connectivity index (χ0) is 16.7. The Bertz CT molecular complexity index is 654. The first kappa shape index (κ1) is 16.5.